The van der Waals surface area contributed by atoms with Gasteiger partial charge in [0.1, 0.15) is 0 Å². The molecule has 3 N–H and O–H groups in total. The van der Waals surface area contributed by atoms with Crippen molar-refractivity contribution in [2.75, 3.05) is 17.6 Å². The lowest BCUT2D eigenvalue weighted by atomic mass is 10.0. The second kappa shape index (κ2) is 8.31. The maximum atomic E-state index is 6.03. The average Bonchev–Trinajstić information content (AvgIpc) is 2.33. The first-order valence-electron chi connectivity index (χ1n) is 7.30. The summed E-state index contributed by atoms with van der Waals surface area (Å²) in [5.41, 5.74) is 8.67. The number of halogens is 1. The van der Waals surface area contributed by atoms with Gasteiger partial charge in [0.05, 0.1) is 10.7 Å². The lowest BCUT2D eigenvalue weighted by molar-refractivity contribution is 0.523. The molecule has 1 rings (SSSR count). The summed E-state index contributed by atoms with van der Waals surface area (Å²) >= 11 is 6.03. The molecule has 0 heterocycles. The fraction of sp³-hybridized carbons (Fsp3) is 0.625. The SMILES string of the molecule is Cc1cc(N)c(Cl)cc1NCCCCCCC(C)C. The van der Waals surface area contributed by atoms with Crippen molar-refractivity contribution in [3.05, 3.63) is 22.7 Å². The molecule has 0 radical (unpaired) electrons. The Bertz CT molecular complexity index is 389. The van der Waals surface area contributed by atoms with E-state index in [4.69, 9.17) is 17.3 Å². The quantitative estimate of drug-likeness (QED) is 0.505. The molecule has 108 valence electrons. The third kappa shape index (κ3) is 6.20. The number of nitrogens with two attached hydrogens (primary N) is 1. The van der Waals surface area contributed by atoms with E-state index in [1.54, 1.807) is 0 Å². The Morgan fingerprint density at radius 1 is 1.16 bits per heavy atom. The van der Waals surface area contributed by atoms with Crippen molar-refractivity contribution in [1.82, 2.24) is 0 Å². The number of nitrogens with one attached hydrogen (secondary N) is 1. The summed E-state index contributed by atoms with van der Waals surface area (Å²) in [6, 6.07) is 3.85. The second-order valence-corrected chi connectivity index (χ2v) is 6.12. The van der Waals surface area contributed by atoms with Gasteiger partial charge in [0, 0.05) is 12.2 Å². The third-order valence-corrected chi connectivity index (χ3v) is 3.69. The minimum Gasteiger partial charge on any atom is -0.398 e. The Morgan fingerprint density at radius 2 is 1.84 bits per heavy atom. The number of unbranched alkanes of at least 4 members (excludes halogenated alkanes) is 3. The summed E-state index contributed by atoms with van der Waals surface area (Å²) in [5, 5.41) is 4.07. The molecule has 2 nitrogen and oxygen atoms in total. The smallest absolute Gasteiger partial charge is 0.0656 e. The number of anilines is 2. The molecule has 0 aliphatic carbocycles. The molecule has 0 atom stereocenters. The van der Waals surface area contributed by atoms with E-state index in [9.17, 15) is 0 Å². The van der Waals surface area contributed by atoms with Gasteiger partial charge in [-0.2, -0.15) is 0 Å². The van der Waals surface area contributed by atoms with Gasteiger partial charge in [-0.15, -0.1) is 0 Å². The van der Waals surface area contributed by atoms with Gasteiger partial charge < -0.3 is 11.1 Å². The molecule has 0 bridgehead atoms. The van der Waals surface area contributed by atoms with Gasteiger partial charge in [0.25, 0.3) is 0 Å². The molecule has 0 saturated heterocycles. The van der Waals surface area contributed by atoms with Crippen molar-refractivity contribution in [3.8, 4) is 0 Å². The summed E-state index contributed by atoms with van der Waals surface area (Å²) in [5.74, 6) is 0.831. The van der Waals surface area contributed by atoms with E-state index in [0.29, 0.717) is 10.7 Å². The first-order valence-corrected chi connectivity index (χ1v) is 7.68. The summed E-state index contributed by atoms with van der Waals surface area (Å²) in [6.07, 6.45) is 6.53. The van der Waals surface area contributed by atoms with Crippen molar-refractivity contribution in [2.24, 2.45) is 5.92 Å². The van der Waals surface area contributed by atoms with Crippen LogP contribution < -0.4 is 11.1 Å². The van der Waals surface area contributed by atoms with Crippen LogP contribution >= 0.6 is 11.6 Å². The van der Waals surface area contributed by atoms with Crippen LogP contribution in [0.5, 0.6) is 0 Å². The van der Waals surface area contributed by atoms with Gasteiger partial charge in [-0.05, 0) is 37.0 Å². The third-order valence-electron chi connectivity index (χ3n) is 3.37. The average molecular weight is 283 g/mol. The zero-order valence-electron chi connectivity index (χ0n) is 12.4. The lowest BCUT2D eigenvalue weighted by Gasteiger charge is -2.11. The molecule has 0 fully saturated rings. The van der Waals surface area contributed by atoms with Crippen molar-refractivity contribution >= 4 is 23.0 Å². The molecule has 19 heavy (non-hydrogen) atoms. The number of hydrogen-bond acceptors (Lipinski definition) is 2. The molecule has 1 aromatic rings. The number of hydrogen-bond donors (Lipinski definition) is 2. The molecular weight excluding hydrogens is 256 g/mol. The van der Waals surface area contributed by atoms with Crippen LogP contribution in [0, 0.1) is 12.8 Å². The molecule has 3 heteroatoms. The highest BCUT2D eigenvalue weighted by atomic mass is 35.5. The van der Waals surface area contributed by atoms with Crippen LogP contribution in [0.1, 0.15) is 51.5 Å². The van der Waals surface area contributed by atoms with Gasteiger partial charge in [-0.1, -0.05) is 51.1 Å². The van der Waals surface area contributed by atoms with Crippen LogP contribution in [0.25, 0.3) is 0 Å². The zero-order valence-corrected chi connectivity index (χ0v) is 13.2. The van der Waals surface area contributed by atoms with Crippen molar-refractivity contribution in [3.63, 3.8) is 0 Å². The van der Waals surface area contributed by atoms with Crippen molar-refractivity contribution < 1.29 is 0 Å². The van der Waals surface area contributed by atoms with Gasteiger partial charge in [0.15, 0.2) is 0 Å². The van der Waals surface area contributed by atoms with Crippen LogP contribution in [0.2, 0.25) is 5.02 Å². The number of aryl methyl sites for hydroxylation is 1. The maximum Gasteiger partial charge on any atom is 0.0656 e. The summed E-state index contributed by atoms with van der Waals surface area (Å²) < 4.78 is 0. The summed E-state index contributed by atoms with van der Waals surface area (Å²) in [4.78, 5) is 0. The predicted octanol–water partition coefficient (Wildman–Crippen LogP) is 5.25. The zero-order chi connectivity index (χ0) is 14.3. The standard InChI is InChI=1S/C16H27ClN2/c1-12(2)8-6-4-5-7-9-19-16-11-14(17)15(18)10-13(16)3/h10-12,19H,4-9,18H2,1-3H3. The van der Waals surface area contributed by atoms with Crippen LogP contribution in [-0.4, -0.2) is 6.54 Å². The van der Waals surface area contributed by atoms with Gasteiger partial charge >= 0.3 is 0 Å². The van der Waals surface area contributed by atoms with Crippen molar-refractivity contribution in [2.45, 2.75) is 52.9 Å². The van der Waals surface area contributed by atoms with E-state index >= 15 is 0 Å². The Labute approximate surface area is 122 Å². The number of rotatable bonds is 8. The molecule has 0 saturated carbocycles. The van der Waals surface area contributed by atoms with Crippen LogP contribution in [0.4, 0.5) is 11.4 Å². The molecule has 0 amide bonds. The highest BCUT2D eigenvalue weighted by Crippen LogP contribution is 2.26. The Balaban J connectivity index is 2.21. The van der Waals surface area contributed by atoms with E-state index in [2.05, 4.69) is 26.1 Å². The van der Waals surface area contributed by atoms with Crippen LogP contribution in [0.3, 0.4) is 0 Å². The Kier molecular flexibility index (Phi) is 7.07. The van der Waals surface area contributed by atoms with E-state index in [1.807, 2.05) is 12.1 Å². The lowest BCUT2D eigenvalue weighted by Crippen LogP contribution is -2.03. The molecule has 1 aromatic carbocycles. The van der Waals surface area contributed by atoms with Crippen LogP contribution in [-0.2, 0) is 0 Å². The van der Waals surface area contributed by atoms with Crippen molar-refractivity contribution in [1.29, 1.82) is 0 Å². The second-order valence-electron chi connectivity index (χ2n) is 5.71. The first kappa shape index (κ1) is 16.2. The predicted molar refractivity (Wildman–Crippen MR) is 87.0 cm³/mol. The van der Waals surface area contributed by atoms with E-state index in [0.717, 1.165) is 23.7 Å². The summed E-state index contributed by atoms with van der Waals surface area (Å²) in [6.45, 7) is 7.63. The number of benzene rings is 1. The molecule has 0 aliphatic heterocycles. The molecule has 0 spiro atoms. The van der Waals surface area contributed by atoms with Gasteiger partial charge in [-0.25, -0.2) is 0 Å². The van der Waals surface area contributed by atoms with Gasteiger partial charge in [0.2, 0.25) is 0 Å². The highest BCUT2D eigenvalue weighted by Gasteiger charge is 2.02. The fourth-order valence-electron chi connectivity index (χ4n) is 2.15. The molecule has 0 aliphatic rings. The molecule has 0 unspecified atom stereocenters. The number of nitrogen functional groups attached to an aromatic ring is 1. The summed E-state index contributed by atoms with van der Waals surface area (Å²) in [7, 11) is 0. The molecular formula is C16H27ClN2. The Hall–Kier alpha value is -0.890. The van der Waals surface area contributed by atoms with E-state index in [-0.39, 0.29) is 0 Å². The minimum absolute atomic E-state index is 0.630. The van der Waals surface area contributed by atoms with E-state index in [1.165, 1.54) is 32.1 Å². The topological polar surface area (TPSA) is 38.0 Å². The minimum atomic E-state index is 0.630. The van der Waals surface area contributed by atoms with Crippen LogP contribution in [0.15, 0.2) is 12.1 Å². The Morgan fingerprint density at radius 3 is 2.53 bits per heavy atom. The first-order chi connectivity index (χ1) is 9.00. The maximum absolute atomic E-state index is 6.03. The normalized spacial score (nSPS) is 11.0. The fourth-order valence-corrected chi connectivity index (χ4v) is 2.31. The monoisotopic (exact) mass is 282 g/mol. The molecule has 0 aromatic heterocycles. The van der Waals surface area contributed by atoms with E-state index < -0.39 is 0 Å². The van der Waals surface area contributed by atoms with Gasteiger partial charge in [-0.3, -0.25) is 0 Å². The highest BCUT2D eigenvalue weighted by molar-refractivity contribution is 6.33. The largest absolute Gasteiger partial charge is 0.398 e.